The molecule has 2 rings (SSSR count). The fourth-order valence-corrected chi connectivity index (χ4v) is 5.05. The summed E-state index contributed by atoms with van der Waals surface area (Å²) in [4.78, 5) is 0. The van der Waals surface area contributed by atoms with Crippen LogP contribution in [0.1, 0.15) is 12.8 Å². The van der Waals surface area contributed by atoms with Crippen LogP contribution in [-0.4, -0.2) is 43.8 Å². The highest BCUT2D eigenvalue weighted by Gasteiger charge is 2.44. The van der Waals surface area contributed by atoms with Gasteiger partial charge in [0.2, 0.25) is 0 Å². The van der Waals surface area contributed by atoms with Crippen molar-refractivity contribution in [3.63, 3.8) is 0 Å². The summed E-state index contributed by atoms with van der Waals surface area (Å²) in [7, 11) is -3.70. The SMILES string of the molecule is C=C[P@@]1O[C@H](CS(C)(=O)=O)[C@@H]2CCCN21. The van der Waals surface area contributed by atoms with Crippen LogP contribution in [0.5, 0.6) is 0 Å². The first-order valence-electron chi connectivity index (χ1n) is 5.04. The second kappa shape index (κ2) is 4.13. The van der Waals surface area contributed by atoms with E-state index in [-0.39, 0.29) is 11.9 Å². The molecule has 2 aliphatic rings. The number of hydrogen-bond acceptors (Lipinski definition) is 4. The second-order valence-corrected chi connectivity index (χ2v) is 7.97. The Bertz CT molecular complexity index is 356. The molecule has 0 aromatic carbocycles. The maximum absolute atomic E-state index is 11.3. The van der Waals surface area contributed by atoms with Gasteiger partial charge in [0.1, 0.15) is 18.1 Å². The van der Waals surface area contributed by atoms with Gasteiger partial charge in [-0.05, 0) is 18.7 Å². The summed E-state index contributed by atoms with van der Waals surface area (Å²) in [6, 6.07) is 0.295. The first-order chi connectivity index (χ1) is 7.01. The lowest BCUT2D eigenvalue weighted by atomic mass is 10.1. The van der Waals surface area contributed by atoms with Gasteiger partial charge >= 0.3 is 0 Å². The zero-order chi connectivity index (χ0) is 11.1. The van der Waals surface area contributed by atoms with E-state index < -0.39 is 18.1 Å². The van der Waals surface area contributed by atoms with Crippen LogP contribution >= 0.6 is 8.30 Å². The largest absolute Gasteiger partial charge is 0.334 e. The quantitative estimate of drug-likeness (QED) is 0.708. The van der Waals surface area contributed by atoms with E-state index >= 15 is 0 Å². The van der Waals surface area contributed by atoms with Gasteiger partial charge in [0.25, 0.3) is 0 Å². The summed E-state index contributed by atoms with van der Waals surface area (Å²) in [5, 5.41) is 0. The number of rotatable bonds is 3. The molecule has 2 heterocycles. The Morgan fingerprint density at radius 3 is 3.00 bits per heavy atom. The molecule has 0 saturated carbocycles. The molecule has 15 heavy (non-hydrogen) atoms. The van der Waals surface area contributed by atoms with Crippen LogP contribution in [0, 0.1) is 0 Å². The average Bonchev–Trinajstić information content (AvgIpc) is 2.66. The van der Waals surface area contributed by atoms with Crippen molar-refractivity contribution in [1.29, 1.82) is 0 Å². The zero-order valence-electron chi connectivity index (χ0n) is 8.80. The van der Waals surface area contributed by atoms with Crippen molar-refractivity contribution in [2.24, 2.45) is 0 Å². The summed E-state index contributed by atoms with van der Waals surface area (Å²) in [5.74, 6) is 1.96. The molecular weight excluding hydrogens is 233 g/mol. The zero-order valence-corrected chi connectivity index (χ0v) is 10.5. The lowest BCUT2D eigenvalue weighted by Gasteiger charge is -2.17. The third-order valence-electron chi connectivity index (χ3n) is 2.82. The van der Waals surface area contributed by atoms with E-state index in [0.717, 1.165) is 19.4 Å². The summed E-state index contributed by atoms with van der Waals surface area (Å²) in [6.07, 6.45) is 3.31. The van der Waals surface area contributed by atoms with Crippen LogP contribution < -0.4 is 0 Å². The lowest BCUT2D eigenvalue weighted by Crippen LogP contribution is -2.33. The van der Waals surface area contributed by atoms with Crippen molar-refractivity contribution in [2.45, 2.75) is 25.0 Å². The average molecular weight is 249 g/mol. The minimum absolute atomic E-state index is 0.140. The van der Waals surface area contributed by atoms with E-state index in [1.54, 1.807) is 0 Å². The molecule has 0 amide bonds. The first kappa shape index (κ1) is 11.5. The highest BCUT2D eigenvalue weighted by molar-refractivity contribution is 7.90. The standard InChI is InChI=1S/C9H16NO3PS/c1-3-14-10-6-4-5-8(10)9(13-14)7-15(2,11)12/h3,8-9H,1,4-7H2,2H3/t8-,9+,14+/m0/s1. The van der Waals surface area contributed by atoms with E-state index in [1.165, 1.54) is 6.26 Å². The molecule has 0 radical (unpaired) electrons. The van der Waals surface area contributed by atoms with Gasteiger partial charge in [-0.1, -0.05) is 6.58 Å². The minimum Gasteiger partial charge on any atom is -0.334 e. The Hall–Kier alpha value is 0.0400. The summed E-state index contributed by atoms with van der Waals surface area (Å²) >= 11 is 0. The van der Waals surface area contributed by atoms with Gasteiger partial charge in [0, 0.05) is 18.8 Å². The fourth-order valence-electron chi connectivity index (χ4n) is 2.26. The Balaban J connectivity index is 2.11. The highest BCUT2D eigenvalue weighted by atomic mass is 32.2. The predicted octanol–water partition coefficient (Wildman–Crippen LogP) is 1.35. The van der Waals surface area contributed by atoms with Gasteiger partial charge in [0.05, 0.1) is 11.9 Å². The summed E-state index contributed by atoms with van der Waals surface area (Å²) in [5.41, 5.74) is 0. The molecule has 2 saturated heterocycles. The minimum atomic E-state index is -2.95. The van der Waals surface area contributed by atoms with E-state index in [1.807, 2.05) is 5.82 Å². The molecule has 0 N–H and O–H groups in total. The van der Waals surface area contributed by atoms with Crippen LogP contribution in [0.3, 0.4) is 0 Å². The third kappa shape index (κ3) is 2.41. The van der Waals surface area contributed by atoms with Gasteiger partial charge in [-0.2, -0.15) is 0 Å². The van der Waals surface area contributed by atoms with Crippen LogP contribution in [0.2, 0.25) is 0 Å². The topological polar surface area (TPSA) is 46.6 Å². The normalized spacial score (nSPS) is 36.7. The van der Waals surface area contributed by atoms with Crippen molar-refractivity contribution in [2.75, 3.05) is 18.6 Å². The lowest BCUT2D eigenvalue weighted by molar-refractivity contribution is 0.234. The Kier molecular flexibility index (Phi) is 3.17. The molecule has 2 aliphatic heterocycles. The summed E-state index contributed by atoms with van der Waals surface area (Å²) in [6.45, 7) is 4.76. The number of sulfone groups is 1. The first-order valence-corrected chi connectivity index (χ1v) is 8.38. The van der Waals surface area contributed by atoms with Gasteiger partial charge in [0.15, 0.2) is 0 Å². The number of fused-ring (bicyclic) bond motifs is 1. The molecule has 0 spiro atoms. The third-order valence-corrected chi connectivity index (χ3v) is 5.56. The molecule has 0 aromatic rings. The molecule has 0 unspecified atom stereocenters. The van der Waals surface area contributed by atoms with E-state index in [0.29, 0.717) is 6.04 Å². The van der Waals surface area contributed by atoms with Crippen molar-refractivity contribution >= 4 is 18.1 Å². The van der Waals surface area contributed by atoms with Crippen LogP contribution in [0.4, 0.5) is 0 Å². The van der Waals surface area contributed by atoms with Crippen molar-refractivity contribution in [3.05, 3.63) is 12.4 Å². The molecule has 0 bridgehead atoms. The number of nitrogens with zero attached hydrogens (tertiary/aromatic N) is 1. The molecule has 2 fully saturated rings. The fraction of sp³-hybridized carbons (Fsp3) is 0.778. The molecule has 86 valence electrons. The monoisotopic (exact) mass is 249 g/mol. The van der Waals surface area contributed by atoms with E-state index in [4.69, 9.17) is 4.52 Å². The smallest absolute Gasteiger partial charge is 0.150 e. The number of hydrogen-bond donors (Lipinski definition) is 0. The molecular formula is C9H16NO3PS. The predicted molar refractivity (Wildman–Crippen MR) is 61.4 cm³/mol. The van der Waals surface area contributed by atoms with Gasteiger partial charge in [-0.3, -0.25) is 4.67 Å². The van der Waals surface area contributed by atoms with Crippen molar-refractivity contribution in [1.82, 2.24) is 4.67 Å². The van der Waals surface area contributed by atoms with Crippen LogP contribution in [0.25, 0.3) is 0 Å². The molecule has 0 aliphatic carbocycles. The Morgan fingerprint density at radius 1 is 1.67 bits per heavy atom. The summed E-state index contributed by atoms with van der Waals surface area (Å²) < 4.78 is 30.5. The maximum Gasteiger partial charge on any atom is 0.150 e. The van der Waals surface area contributed by atoms with Crippen LogP contribution in [-0.2, 0) is 14.4 Å². The second-order valence-electron chi connectivity index (χ2n) is 4.09. The highest BCUT2D eigenvalue weighted by Crippen LogP contribution is 2.55. The van der Waals surface area contributed by atoms with E-state index in [2.05, 4.69) is 11.2 Å². The van der Waals surface area contributed by atoms with E-state index in [9.17, 15) is 8.42 Å². The van der Waals surface area contributed by atoms with Crippen molar-refractivity contribution in [3.8, 4) is 0 Å². The molecule has 6 heteroatoms. The van der Waals surface area contributed by atoms with Crippen molar-refractivity contribution < 1.29 is 12.9 Å². The molecule has 0 aromatic heterocycles. The Morgan fingerprint density at radius 2 is 2.40 bits per heavy atom. The molecule has 4 nitrogen and oxygen atoms in total. The van der Waals surface area contributed by atoms with Crippen LogP contribution in [0.15, 0.2) is 12.4 Å². The maximum atomic E-state index is 11.3. The van der Waals surface area contributed by atoms with Gasteiger partial charge in [-0.15, -0.1) is 0 Å². The molecule has 3 atom stereocenters. The van der Waals surface area contributed by atoms with Gasteiger partial charge < -0.3 is 4.52 Å². The van der Waals surface area contributed by atoms with Gasteiger partial charge in [-0.25, -0.2) is 8.42 Å². The Labute approximate surface area is 92.1 Å².